The molecule has 0 bridgehead atoms. The summed E-state index contributed by atoms with van der Waals surface area (Å²) in [5, 5.41) is 5.45. The van der Waals surface area contributed by atoms with E-state index in [2.05, 4.69) is 17.6 Å². The summed E-state index contributed by atoms with van der Waals surface area (Å²) in [6.45, 7) is 4.19. The van der Waals surface area contributed by atoms with Crippen molar-refractivity contribution in [3.63, 3.8) is 0 Å². The fraction of sp³-hybridized carbons (Fsp3) is 0.579. The van der Waals surface area contributed by atoms with Gasteiger partial charge in [0.05, 0.1) is 12.6 Å². The molecule has 1 aliphatic rings. The van der Waals surface area contributed by atoms with Crippen molar-refractivity contribution >= 4 is 17.5 Å². The van der Waals surface area contributed by atoms with Crippen LogP contribution in [0.1, 0.15) is 45.1 Å². The Morgan fingerprint density at radius 2 is 1.92 bits per heavy atom. The average molecular weight is 332 g/mol. The molecular weight excluding hydrogens is 304 g/mol. The summed E-state index contributed by atoms with van der Waals surface area (Å²) in [6, 6.07) is 7.67. The monoisotopic (exact) mass is 332 g/mol. The Labute approximate surface area is 144 Å². The summed E-state index contributed by atoms with van der Waals surface area (Å²) in [7, 11) is 0. The fourth-order valence-electron chi connectivity index (χ4n) is 3.09. The number of para-hydroxylation sites is 1. The number of hydrogen-bond acceptors (Lipinski definition) is 3. The summed E-state index contributed by atoms with van der Waals surface area (Å²) in [5.41, 5.74) is 1.87. The maximum absolute atomic E-state index is 12.0. The largest absolute Gasteiger partial charge is 0.368 e. The molecule has 0 spiro atoms. The Morgan fingerprint density at radius 3 is 2.67 bits per heavy atom. The van der Waals surface area contributed by atoms with E-state index in [1.165, 1.54) is 6.42 Å². The van der Waals surface area contributed by atoms with Gasteiger partial charge in [-0.1, -0.05) is 44.9 Å². The van der Waals surface area contributed by atoms with E-state index in [-0.39, 0.29) is 31.1 Å². The number of benzene rings is 1. The van der Waals surface area contributed by atoms with Crippen molar-refractivity contribution in [2.24, 2.45) is 5.92 Å². The minimum absolute atomic E-state index is 0.0217. The van der Waals surface area contributed by atoms with Crippen LogP contribution in [0, 0.1) is 5.92 Å². The maximum atomic E-state index is 12.0. The zero-order valence-electron chi connectivity index (χ0n) is 14.6. The molecule has 2 amide bonds. The number of ether oxygens (including phenoxy) is 1. The van der Waals surface area contributed by atoms with Crippen LogP contribution in [-0.4, -0.2) is 31.1 Å². The third kappa shape index (κ3) is 5.64. The van der Waals surface area contributed by atoms with Gasteiger partial charge in [-0.05, 0) is 36.8 Å². The van der Waals surface area contributed by atoms with Gasteiger partial charge >= 0.3 is 0 Å². The Morgan fingerprint density at radius 1 is 1.17 bits per heavy atom. The molecule has 0 unspecified atom stereocenters. The third-order valence-corrected chi connectivity index (χ3v) is 4.58. The summed E-state index contributed by atoms with van der Waals surface area (Å²) >= 11 is 0. The van der Waals surface area contributed by atoms with Crippen LogP contribution in [0.4, 0.5) is 5.69 Å². The zero-order chi connectivity index (χ0) is 17.4. The zero-order valence-corrected chi connectivity index (χ0v) is 14.6. The number of hydrogen-bond donors (Lipinski definition) is 2. The van der Waals surface area contributed by atoms with Gasteiger partial charge in [0.25, 0.3) is 0 Å². The summed E-state index contributed by atoms with van der Waals surface area (Å²) in [4.78, 5) is 23.8. The number of aryl methyl sites for hydroxylation is 1. The molecule has 0 radical (unpaired) electrons. The first-order valence-electron chi connectivity index (χ1n) is 8.86. The van der Waals surface area contributed by atoms with Gasteiger partial charge in [-0.15, -0.1) is 0 Å². The molecule has 1 fully saturated rings. The predicted molar refractivity (Wildman–Crippen MR) is 94.8 cm³/mol. The van der Waals surface area contributed by atoms with Gasteiger partial charge in [0.15, 0.2) is 0 Å². The van der Waals surface area contributed by atoms with Crippen LogP contribution < -0.4 is 10.6 Å². The van der Waals surface area contributed by atoms with Crippen molar-refractivity contribution < 1.29 is 14.3 Å². The number of carbonyl (C=O) groups excluding carboxylic acids is 2. The SMILES string of the molecule is CCc1ccccc1NC(=O)CNC(=O)CO[C@@H]1CCCC[C@@H]1C. The topological polar surface area (TPSA) is 67.4 Å². The highest BCUT2D eigenvalue weighted by atomic mass is 16.5. The molecule has 0 heterocycles. The fourth-order valence-corrected chi connectivity index (χ4v) is 3.09. The van der Waals surface area contributed by atoms with Crippen molar-refractivity contribution in [1.82, 2.24) is 5.32 Å². The lowest BCUT2D eigenvalue weighted by molar-refractivity contribution is -0.131. The number of carbonyl (C=O) groups is 2. The highest BCUT2D eigenvalue weighted by Crippen LogP contribution is 2.26. The van der Waals surface area contributed by atoms with Gasteiger partial charge in [0.2, 0.25) is 11.8 Å². The molecule has 5 heteroatoms. The van der Waals surface area contributed by atoms with Crippen LogP contribution >= 0.6 is 0 Å². The van der Waals surface area contributed by atoms with E-state index in [0.717, 1.165) is 36.9 Å². The van der Waals surface area contributed by atoms with Crippen molar-refractivity contribution in [2.45, 2.75) is 52.1 Å². The second-order valence-corrected chi connectivity index (χ2v) is 6.45. The number of nitrogens with one attached hydrogen (secondary N) is 2. The van der Waals surface area contributed by atoms with E-state index in [0.29, 0.717) is 5.92 Å². The lowest BCUT2D eigenvalue weighted by Gasteiger charge is -2.28. The molecule has 24 heavy (non-hydrogen) atoms. The lowest BCUT2D eigenvalue weighted by Crippen LogP contribution is -2.37. The molecule has 2 N–H and O–H groups in total. The second-order valence-electron chi connectivity index (χ2n) is 6.45. The number of anilines is 1. The maximum Gasteiger partial charge on any atom is 0.246 e. The smallest absolute Gasteiger partial charge is 0.246 e. The number of rotatable bonds is 7. The molecule has 0 aromatic heterocycles. The van der Waals surface area contributed by atoms with E-state index in [1.54, 1.807) is 0 Å². The first kappa shape index (κ1) is 18.5. The van der Waals surface area contributed by atoms with Crippen LogP contribution in [-0.2, 0) is 20.7 Å². The van der Waals surface area contributed by atoms with Gasteiger partial charge in [-0.25, -0.2) is 0 Å². The number of amides is 2. The summed E-state index contributed by atoms with van der Waals surface area (Å²) in [6.07, 6.45) is 5.59. The molecule has 5 nitrogen and oxygen atoms in total. The van der Waals surface area contributed by atoms with Crippen molar-refractivity contribution in [1.29, 1.82) is 0 Å². The molecule has 1 aliphatic carbocycles. The van der Waals surface area contributed by atoms with Crippen LogP contribution in [0.25, 0.3) is 0 Å². The Hall–Kier alpha value is -1.88. The van der Waals surface area contributed by atoms with Gasteiger partial charge in [-0.2, -0.15) is 0 Å². The van der Waals surface area contributed by atoms with Gasteiger partial charge in [-0.3, -0.25) is 9.59 Å². The Kier molecular flexibility index (Phi) is 7.25. The minimum Gasteiger partial charge on any atom is -0.368 e. The molecule has 1 aromatic rings. The van der Waals surface area contributed by atoms with Crippen LogP contribution in [0.15, 0.2) is 24.3 Å². The van der Waals surface area contributed by atoms with Crippen LogP contribution in [0.5, 0.6) is 0 Å². The van der Waals surface area contributed by atoms with Gasteiger partial charge in [0, 0.05) is 5.69 Å². The van der Waals surface area contributed by atoms with E-state index < -0.39 is 0 Å². The lowest BCUT2D eigenvalue weighted by atomic mass is 9.88. The van der Waals surface area contributed by atoms with Crippen molar-refractivity contribution in [3.05, 3.63) is 29.8 Å². The highest BCUT2D eigenvalue weighted by molar-refractivity contribution is 5.95. The quantitative estimate of drug-likeness (QED) is 0.807. The molecular formula is C19H28N2O3. The average Bonchev–Trinajstić information content (AvgIpc) is 2.59. The second kappa shape index (κ2) is 9.42. The van der Waals surface area contributed by atoms with Gasteiger partial charge in [0.1, 0.15) is 6.61 Å². The van der Waals surface area contributed by atoms with Crippen LogP contribution in [0.3, 0.4) is 0 Å². The molecule has 2 atom stereocenters. The van der Waals surface area contributed by atoms with E-state index in [1.807, 2.05) is 31.2 Å². The first-order chi connectivity index (χ1) is 11.6. The first-order valence-corrected chi connectivity index (χ1v) is 8.86. The van der Waals surface area contributed by atoms with Crippen molar-refractivity contribution in [2.75, 3.05) is 18.5 Å². The van der Waals surface area contributed by atoms with Crippen molar-refractivity contribution in [3.8, 4) is 0 Å². The van der Waals surface area contributed by atoms with E-state index in [4.69, 9.17) is 4.74 Å². The predicted octanol–water partition coefficient (Wildman–Crippen LogP) is 2.90. The standard InChI is InChI=1S/C19H28N2O3/c1-3-15-9-5-6-10-16(15)21-18(22)12-20-19(23)13-24-17-11-7-4-8-14(17)2/h5-6,9-10,14,17H,3-4,7-8,11-13H2,1-2H3,(H,20,23)(H,21,22)/t14-,17+/m0/s1. The highest BCUT2D eigenvalue weighted by Gasteiger charge is 2.22. The van der Waals surface area contributed by atoms with Gasteiger partial charge < -0.3 is 15.4 Å². The minimum atomic E-state index is -0.244. The molecule has 1 saturated carbocycles. The molecule has 0 saturated heterocycles. The Bertz CT molecular complexity index is 559. The van der Waals surface area contributed by atoms with E-state index in [9.17, 15) is 9.59 Å². The molecule has 2 rings (SSSR count). The molecule has 1 aromatic carbocycles. The normalized spacial score (nSPS) is 20.4. The summed E-state index contributed by atoms with van der Waals surface area (Å²) < 4.78 is 5.70. The third-order valence-electron chi connectivity index (χ3n) is 4.58. The van der Waals surface area contributed by atoms with Crippen LogP contribution in [0.2, 0.25) is 0 Å². The summed E-state index contributed by atoms with van der Waals surface area (Å²) in [5.74, 6) is 0.0300. The van der Waals surface area contributed by atoms with E-state index >= 15 is 0 Å². The molecule has 0 aliphatic heterocycles. The molecule has 132 valence electrons. The Balaban J connectivity index is 1.70.